The fourth-order valence-electron chi connectivity index (χ4n) is 4.61. The molecule has 0 spiro atoms. The molecule has 0 aromatic heterocycles. The van der Waals surface area contributed by atoms with Crippen LogP contribution in [0.2, 0.25) is 0 Å². The number of ether oxygens (including phenoxy) is 1. The van der Waals surface area contributed by atoms with Crippen molar-refractivity contribution in [3.8, 4) is 5.75 Å². The number of hydrogen-bond donors (Lipinski definition) is 0. The Morgan fingerprint density at radius 3 is 2.28 bits per heavy atom. The highest BCUT2D eigenvalue weighted by atomic mass is 16.5. The zero-order valence-corrected chi connectivity index (χ0v) is 18.0. The zero-order valence-electron chi connectivity index (χ0n) is 18.0. The van der Waals surface area contributed by atoms with Gasteiger partial charge in [-0.05, 0) is 42.7 Å². The number of hydrogen-bond acceptors (Lipinski definition) is 5. The number of anilines is 1. The molecule has 7 nitrogen and oxygen atoms in total. The van der Waals surface area contributed by atoms with Gasteiger partial charge in [0, 0.05) is 13.0 Å². The van der Waals surface area contributed by atoms with Crippen LogP contribution in [-0.2, 0) is 25.6 Å². The molecule has 1 heterocycles. The summed E-state index contributed by atoms with van der Waals surface area (Å²) in [5, 5.41) is 0. The van der Waals surface area contributed by atoms with Crippen LogP contribution in [0.1, 0.15) is 44.6 Å². The number of benzene rings is 2. The highest BCUT2D eigenvalue weighted by molar-refractivity contribution is 6.23. The largest absolute Gasteiger partial charge is 0.427 e. The van der Waals surface area contributed by atoms with Crippen molar-refractivity contribution >= 4 is 29.4 Å². The topological polar surface area (TPSA) is 84.0 Å². The van der Waals surface area contributed by atoms with E-state index < -0.39 is 12.0 Å². The van der Waals surface area contributed by atoms with Crippen molar-refractivity contribution in [1.82, 2.24) is 4.90 Å². The first-order valence-corrected chi connectivity index (χ1v) is 10.9. The van der Waals surface area contributed by atoms with Crippen LogP contribution >= 0.6 is 0 Å². The van der Waals surface area contributed by atoms with E-state index in [1.807, 2.05) is 30.3 Å². The molecule has 2 fully saturated rings. The van der Waals surface area contributed by atoms with Crippen LogP contribution in [0.3, 0.4) is 0 Å². The number of nitrogens with zero attached hydrogens (tertiary/aromatic N) is 2. The Labute approximate surface area is 187 Å². The lowest BCUT2D eigenvalue weighted by Gasteiger charge is -2.33. The summed E-state index contributed by atoms with van der Waals surface area (Å²) in [4.78, 5) is 53.5. The molecule has 1 saturated carbocycles. The first-order valence-electron chi connectivity index (χ1n) is 10.9. The van der Waals surface area contributed by atoms with E-state index in [9.17, 15) is 19.2 Å². The lowest BCUT2D eigenvalue weighted by molar-refractivity contribution is -0.140. The average Bonchev–Trinajstić information content (AvgIpc) is 3.38. The molecule has 2 aliphatic rings. The van der Waals surface area contributed by atoms with Gasteiger partial charge in [-0.2, -0.15) is 0 Å². The summed E-state index contributed by atoms with van der Waals surface area (Å²) < 4.78 is 5.02. The predicted molar refractivity (Wildman–Crippen MR) is 118 cm³/mol. The van der Waals surface area contributed by atoms with Gasteiger partial charge in [-0.3, -0.25) is 19.2 Å². The Hall–Kier alpha value is -3.48. The molecule has 1 atom stereocenters. The van der Waals surface area contributed by atoms with Gasteiger partial charge in [0.05, 0.1) is 18.5 Å². The molecule has 32 heavy (non-hydrogen) atoms. The number of carbonyl (C=O) groups excluding carboxylic acids is 4. The number of amides is 3. The van der Waals surface area contributed by atoms with Gasteiger partial charge in [-0.15, -0.1) is 0 Å². The first-order chi connectivity index (χ1) is 15.4. The third-order valence-corrected chi connectivity index (χ3v) is 6.02. The van der Waals surface area contributed by atoms with Gasteiger partial charge in [-0.1, -0.05) is 43.2 Å². The molecule has 2 aromatic rings. The van der Waals surface area contributed by atoms with Crippen molar-refractivity contribution in [2.75, 3.05) is 4.90 Å². The van der Waals surface area contributed by atoms with Crippen LogP contribution in [-0.4, -0.2) is 40.7 Å². The Bertz CT molecular complexity index is 1010. The maximum atomic E-state index is 13.4. The fraction of sp³-hybridized carbons (Fsp3) is 0.360. The number of carbonyl (C=O) groups is 4. The van der Waals surface area contributed by atoms with Crippen molar-refractivity contribution in [3.63, 3.8) is 0 Å². The fourth-order valence-corrected chi connectivity index (χ4v) is 4.61. The van der Waals surface area contributed by atoms with Gasteiger partial charge in [-0.25, -0.2) is 4.90 Å². The molecule has 3 amide bonds. The van der Waals surface area contributed by atoms with Crippen molar-refractivity contribution < 1.29 is 23.9 Å². The minimum absolute atomic E-state index is 0.0262. The standard InChI is InChI=1S/C25H26N2O5/c1-17(28)32-21-13-11-20(12-14-21)27-24(30)16-22(25(27)31)26(19-9-5-6-10-19)23(29)15-18-7-3-2-4-8-18/h2-4,7-8,11-14,19,22H,5-6,9-10,15-16H2,1H3. The van der Waals surface area contributed by atoms with Gasteiger partial charge < -0.3 is 9.64 Å². The lowest BCUT2D eigenvalue weighted by atomic mass is 10.1. The summed E-state index contributed by atoms with van der Waals surface area (Å²) in [7, 11) is 0. The van der Waals surface area contributed by atoms with Crippen molar-refractivity contribution in [3.05, 3.63) is 60.2 Å². The summed E-state index contributed by atoms with van der Waals surface area (Å²) in [5.74, 6) is -0.960. The van der Waals surface area contributed by atoms with E-state index in [2.05, 4.69) is 0 Å². The molecule has 2 aromatic carbocycles. The second-order valence-electron chi connectivity index (χ2n) is 8.28. The maximum Gasteiger partial charge on any atom is 0.308 e. The molecule has 1 aliphatic carbocycles. The number of esters is 1. The van der Waals surface area contributed by atoms with E-state index >= 15 is 0 Å². The summed E-state index contributed by atoms with van der Waals surface area (Å²) in [6.45, 7) is 1.30. The zero-order chi connectivity index (χ0) is 22.7. The van der Waals surface area contributed by atoms with Crippen LogP contribution < -0.4 is 9.64 Å². The van der Waals surface area contributed by atoms with Gasteiger partial charge >= 0.3 is 5.97 Å². The normalized spacial score (nSPS) is 18.8. The van der Waals surface area contributed by atoms with Gasteiger partial charge in [0.25, 0.3) is 5.91 Å². The quantitative estimate of drug-likeness (QED) is 0.396. The van der Waals surface area contributed by atoms with E-state index in [1.165, 1.54) is 6.92 Å². The molecule has 7 heteroatoms. The van der Waals surface area contributed by atoms with Crippen molar-refractivity contribution in [2.45, 2.75) is 57.5 Å². The highest BCUT2D eigenvalue weighted by Crippen LogP contribution is 2.32. The monoisotopic (exact) mass is 434 g/mol. The van der Waals surface area contributed by atoms with Crippen LogP contribution in [0.4, 0.5) is 5.69 Å². The van der Waals surface area contributed by atoms with Gasteiger partial charge in [0.1, 0.15) is 11.8 Å². The van der Waals surface area contributed by atoms with Crippen LogP contribution in [0.5, 0.6) is 5.75 Å². The van der Waals surface area contributed by atoms with Crippen molar-refractivity contribution in [1.29, 1.82) is 0 Å². The first kappa shape index (κ1) is 21.7. The van der Waals surface area contributed by atoms with Crippen molar-refractivity contribution in [2.24, 2.45) is 0 Å². The number of imide groups is 1. The maximum absolute atomic E-state index is 13.4. The minimum atomic E-state index is -0.796. The van der Waals surface area contributed by atoms with E-state index in [4.69, 9.17) is 4.74 Å². The molecular weight excluding hydrogens is 408 g/mol. The smallest absolute Gasteiger partial charge is 0.308 e. The minimum Gasteiger partial charge on any atom is -0.427 e. The molecule has 1 unspecified atom stereocenters. The van der Waals surface area contributed by atoms with Crippen LogP contribution in [0.25, 0.3) is 0 Å². The molecular formula is C25H26N2O5. The Morgan fingerprint density at radius 1 is 1.00 bits per heavy atom. The van der Waals surface area contributed by atoms with Crippen LogP contribution in [0, 0.1) is 0 Å². The van der Waals surface area contributed by atoms with Gasteiger partial charge in [0.2, 0.25) is 11.8 Å². The third-order valence-electron chi connectivity index (χ3n) is 6.02. The Kier molecular flexibility index (Phi) is 6.35. The SMILES string of the molecule is CC(=O)Oc1ccc(N2C(=O)CC(N(C(=O)Cc3ccccc3)C3CCCC3)C2=O)cc1. The summed E-state index contributed by atoms with van der Waals surface area (Å²) in [6.07, 6.45) is 3.88. The van der Waals surface area contributed by atoms with E-state index in [0.29, 0.717) is 11.4 Å². The molecule has 166 valence electrons. The predicted octanol–water partition coefficient (Wildman–Crippen LogP) is 3.26. The second-order valence-corrected chi connectivity index (χ2v) is 8.28. The molecule has 1 saturated heterocycles. The summed E-state index contributed by atoms with van der Waals surface area (Å²) in [6, 6.07) is 14.8. The third kappa shape index (κ3) is 4.56. The molecule has 0 radical (unpaired) electrons. The Balaban J connectivity index is 1.57. The van der Waals surface area contributed by atoms with Gasteiger partial charge in [0.15, 0.2) is 0 Å². The summed E-state index contributed by atoms with van der Waals surface area (Å²) in [5.41, 5.74) is 1.29. The van der Waals surface area contributed by atoms with E-state index in [-0.39, 0.29) is 36.6 Å². The Morgan fingerprint density at radius 2 is 1.66 bits per heavy atom. The molecule has 4 rings (SSSR count). The molecule has 1 aliphatic heterocycles. The highest BCUT2D eigenvalue weighted by Gasteiger charge is 2.46. The summed E-state index contributed by atoms with van der Waals surface area (Å²) >= 11 is 0. The lowest BCUT2D eigenvalue weighted by Crippen LogP contribution is -2.50. The van der Waals surface area contributed by atoms with E-state index in [1.54, 1.807) is 29.2 Å². The number of rotatable bonds is 6. The second kappa shape index (κ2) is 9.34. The van der Waals surface area contributed by atoms with Crippen LogP contribution in [0.15, 0.2) is 54.6 Å². The molecule has 0 N–H and O–H groups in total. The molecule has 0 bridgehead atoms. The van der Waals surface area contributed by atoms with E-state index in [0.717, 1.165) is 36.1 Å². The average molecular weight is 434 g/mol.